The van der Waals surface area contributed by atoms with Gasteiger partial charge in [0.15, 0.2) is 0 Å². The molecule has 1 aliphatic carbocycles. The van der Waals surface area contributed by atoms with Crippen LogP contribution in [0.3, 0.4) is 0 Å². The molecular formula is C19H24N2. The van der Waals surface area contributed by atoms with Crippen molar-refractivity contribution in [3.05, 3.63) is 40.6 Å². The predicted octanol–water partition coefficient (Wildman–Crippen LogP) is 4.02. The highest BCUT2D eigenvalue weighted by Gasteiger charge is 2.16. The third-order valence-corrected chi connectivity index (χ3v) is 5.24. The minimum Gasteiger partial charge on any atom is -0.299 e. The van der Waals surface area contributed by atoms with Crippen molar-refractivity contribution in [3.63, 3.8) is 0 Å². The Balaban J connectivity index is 1.75. The first-order chi connectivity index (χ1) is 10.3. The lowest BCUT2D eigenvalue weighted by molar-refractivity contribution is 0.331. The van der Waals surface area contributed by atoms with Crippen LogP contribution in [0.4, 0.5) is 0 Å². The quantitative estimate of drug-likeness (QED) is 0.826. The SMILES string of the molecule is Cc1cc2c3c(cnc2cc1CN1CCCC1)CCCC3. The van der Waals surface area contributed by atoms with Crippen molar-refractivity contribution in [1.29, 1.82) is 0 Å². The molecule has 2 heterocycles. The summed E-state index contributed by atoms with van der Waals surface area (Å²) in [5.41, 5.74) is 7.17. The summed E-state index contributed by atoms with van der Waals surface area (Å²) >= 11 is 0. The molecule has 2 aliphatic rings. The molecule has 4 rings (SSSR count). The second kappa shape index (κ2) is 5.42. The van der Waals surface area contributed by atoms with Gasteiger partial charge in [-0.05, 0) is 92.9 Å². The molecule has 2 heteroatoms. The van der Waals surface area contributed by atoms with Gasteiger partial charge in [0.25, 0.3) is 0 Å². The molecule has 21 heavy (non-hydrogen) atoms. The van der Waals surface area contributed by atoms with Crippen LogP contribution in [0.25, 0.3) is 10.9 Å². The number of hydrogen-bond donors (Lipinski definition) is 0. The maximum Gasteiger partial charge on any atom is 0.0708 e. The van der Waals surface area contributed by atoms with E-state index >= 15 is 0 Å². The molecule has 0 spiro atoms. The summed E-state index contributed by atoms with van der Waals surface area (Å²) in [4.78, 5) is 7.33. The maximum absolute atomic E-state index is 4.75. The van der Waals surface area contributed by atoms with E-state index in [9.17, 15) is 0 Å². The van der Waals surface area contributed by atoms with Gasteiger partial charge in [-0.1, -0.05) is 0 Å². The van der Waals surface area contributed by atoms with Crippen molar-refractivity contribution in [2.75, 3.05) is 13.1 Å². The molecule has 0 saturated carbocycles. The Morgan fingerprint density at radius 1 is 1.05 bits per heavy atom. The average molecular weight is 280 g/mol. The molecule has 1 saturated heterocycles. The monoisotopic (exact) mass is 280 g/mol. The highest BCUT2D eigenvalue weighted by Crippen LogP contribution is 2.30. The number of benzene rings is 1. The fourth-order valence-electron chi connectivity index (χ4n) is 3.97. The van der Waals surface area contributed by atoms with Gasteiger partial charge in [-0.3, -0.25) is 9.88 Å². The van der Waals surface area contributed by atoms with Gasteiger partial charge in [0.1, 0.15) is 0 Å². The van der Waals surface area contributed by atoms with Gasteiger partial charge in [0.2, 0.25) is 0 Å². The lowest BCUT2D eigenvalue weighted by Gasteiger charge is -2.20. The van der Waals surface area contributed by atoms with Gasteiger partial charge >= 0.3 is 0 Å². The molecule has 0 radical (unpaired) electrons. The van der Waals surface area contributed by atoms with Gasteiger partial charge < -0.3 is 0 Å². The van der Waals surface area contributed by atoms with Crippen LogP contribution in [0.15, 0.2) is 18.3 Å². The fourth-order valence-corrected chi connectivity index (χ4v) is 3.97. The highest BCUT2D eigenvalue weighted by molar-refractivity contribution is 5.85. The molecule has 0 bridgehead atoms. The molecule has 1 aromatic heterocycles. The largest absolute Gasteiger partial charge is 0.299 e. The number of likely N-dealkylation sites (tertiary alicyclic amines) is 1. The molecule has 0 N–H and O–H groups in total. The van der Waals surface area contributed by atoms with Crippen LogP contribution in [0.1, 0.15) is 47.9 Å². The van der Waals surface area contributed by atoms with Crippen LogP contribution < -0.4 is 0 Å². The summed E-state index contributed by atoms with van der Waals surface area (Å²) in [7, 11) is 0. The van der Waals surface area contributed by atoms with E-state index in [-0.39, 0.29) is 0 Å². The van der Waals surface area contributed by atoms with Crippen LogP contribution >= 0.6 is 0 Å². The van der Waals surface area contributed by atoms with E-state index in [1.165, 1.54) is 79.2 Å². The molecule has 2 nitrogen and oxygen atoms in total. The summed E-state index contributed by atoms with van der Waals surface area (Å²) in [5.74, 6) is 0. The second-order valence-electron chi connectivity index (χ2n) is 6.75. The highest BCUT2D eigenvalue weighted by atomic mass is 15.1. The summed E-state index contributed by atoms with van der Waals surface area (Å²) in [6.07, 6.45) is 9.96. The third-order valence-electron chi connectivity index (χ3n) is 5.24. The second-order valence-corrected chi connectivity index (χ2v) is 6.75. The van der Waals surface area contributed by atoms with Crippen molar-refractivity contribution < 1.29 is 0 Å². The summed E-state index contributed by atoms with van der Waals surface area (Å²) in [6, 6.07) is 4.75. The summed E-state index contributed by atoms with van der Waals surface area (Å²) < 4.78 is 0. The van der Waals surface area contributed by atoms with Gasteiger partial charge in [0.05, 0.1) is 5.52 Å². The van der Waals surface area contributed by atoms with Crippen molar-refractivity contribution in [1.82, 2.24) is 9.88 Å². The minimum atomic E-state index is 1.10. The molecule has 1 aromatic carbocycles. The van der Waals surface area contributed by atoms with Crippen molar-refractivity contribution in [2.24, 2.45) is 0 Å². The first-order valence-electron chi connectivity index (χ1n) is 8.43. The fraction of sp³-hybridized carbons (Fsp3) is 0.526. The number of nitrogens with zero attached hydrogens (tertiary/aromatic N) is 2. The standard InChI is InChI=1S/C19H24N2/c1-14-10-18-17-7-3-2-6-15(17)12-20-19(18)11-16(14)13-21-8-4-5-9-21/h10-12H,2-9,13H2,1H3. The molecule has 1 fully saturated rings. The Morgan fingerprint density at radius 3 is 2.71 bits per heavy atom. The lowest BCUT2D eigenvalue weighted by Crippen LogP contribution is -2.19. The third kappa shape index (κ3) is 2.46. The molecule has 0 atom stereocenters. The zero-order valence-corrected chi connectivity index (χ0v) is 13.0. The van der Waals surface area contributed by atoms with E-state index < -0.39 is 0 Å². The van der Waals surface area contributed by atoms with Crippen LogP contribution in [0.5, 0.6) is 0 Å². The van der Waals surface area contributed by atoms with E-state index in [1.54, 1.807) is 5.56 Å². The van der Waals surface area contributed by atoms with E-state index in [0.717, 1.165) is 6.54 Å². The molecule has 2 aromatic rings. The van der Waals surface area contributed by atoms with E-state index in [4.69, 9.17) is 4.98 Å². The Kier molecular flexibility index (Phi) is 3.42. The maximum atomic E-state index is 4.75. The average Bonchev–Trinajstić information content (AvgIpc) is 3.01. The van der Waals surface area contributed by atoms with Gasteiger partial charge in [0, 0.05) is 18.1 Å². The predicted molar refractivity (Wildman–Crippen MR) is 87.6 cm³/mol. The Labute approximate surface area is 127 Å². The van der Waals surface area contributed by atoms with Crippen molar-refractivity contribution in [2.45, 2.75) is 52.0 Å². The minimum absolute atomic E-state index is 1.10. The van der Waals surface area contributed by atoms with Crippen LogP contribution in [0.2, 0.25) is 0 Å². The summed E-state index contributed by atoms with van der Waals surface area (Å²) in [6.45, 7) is 5.89. The molecule has 0 unspecified atom stereocenters. The number of aryl methyl sites for hydroxylation is 3. The number of fused-ring (bicyclic) bond motifs is 3. The summed E-state index contributed by atoms with van der Waals surface area (Å²) in [5, 5.41) is 1.41. The normalized spacial score (nSPS) is 19.1. The molecular weight excluding hydrogens is 256 g/mol. The Bertz CT molecular complexity index is 669. The van der Waals surface area contributed by atoms with E-state index in [2.05, 4.69) is 30.2 Å². The first kappa shape index (κ1) is 13.3. The zero-order valence-electron chi connectivity index (χ0n) is 13.0. The smallest absolute Gasteiger partial charge is 0.0708 e. The first-order valence-corrected chi connectivity index (χ1v) is 8.43. The molecule has 110 valence electrons. The van der Waals surface area contributed by atoms with Crippen LogP contribution in [0, 0.1) is 6.92 Å². The van der Waals surface area contributed by atoms with Gasteiger partial charge in [-0.25, -0.2) is 0 Å². The van der Waals surface area contributed by atoms with Crippen molar-refractivity contribution in [3.8, 4) is 0 Å². The molecule has 0 amide bonds. The topological polar surface area (TPSA) is 16.1 Å². The zero-order chi connectivity index (χ0) is 14.2. The lowest BCUT2D eigenvalue weighted by atomic mass is 9.89. The number of aromatic nitrogens is 1. The van der Waals surface area contributed by atoms with Crippen LogP contribution in [-0.4, -0.2) is 23.0 Å². The molecule has 1 aliphatic heterocycles. The van der Waals surface area contributed by atoms with Crippen molar-refractivity contribution >= 4 is 10.9 Å². The number of rotatable bonds is 2. The van der Waals surface area contributed by atoms with Gasteiger partial charge in [-0.15, -0.1) is 0 Å². The number of pyridine rings is 1. The van der Waals surface area contributed by atoms with E-state index in [1.807, 2.05) is 0 Å². The van der Waals surface area contributed by atoms with Gasteiger partial charge in [-0.2, -0.15) is 0 Å². The van der Waals surface area contributed by atoms with Crippen LogP contribution in [-0.2, 0) is 19.4 Å². The number of hydrogen-bond acceptors (Lipinski definition) is 2. The Hall–Kier alpha value is -1.41. The van der Waals surface area contributed by atoms with E-state index in [0.29, 0.717) is 0 Å². The Morgan fingerprint density at radius 2 is 1.86 bits per heavy atom.